The zero-order chi connectivity index (χ0) is 20.4. The Balaban J connectivity index is 1.60. The molecule has 0 bridgehead atoms. The van der Waals surface area contributed by atoms with Gasteiger partial charge in [-0.05, 0) is 36.8 Å². The van der Waals surface area contributed by atoms with Crippen LogP contribution >= 0.6 is 11.6 Å². The summed E-state index contributed by atoms with van der Waals surface area (Å²) in [6.45, 7) is 1.53. The van der Waals surface area contributed by atoms with Crippen LogP contribution < -0.4 is 15.7 Å². The number of carbonyl (C=O) groups excluding carboxylic acids is 1. The number of rotatable bonds is 5. The number of ether oxygens (including phenoxy) is 1. The molecule has 0 saturated carbocycles. The molecule has 146 valence electrons. The van der Waals surface area contributed by atoms with Gasteiger partial charge >= 0.3 is 5.69 Å². The molecule has 0 aliphatic heterocycles. The van der Waals surface area contributed by atoms with Crippen LogP contribution in [0.3, 0.4) is 0 Å². The Labute approximate surface area is 170 Å². The van der Waals surface area contributed by atoms with Gasteiger partial charge in [-0.1, -0.05) is 35.9 Å². The first kappa shape index (κ1) is 18.7. The van der Waals surface area contributed by atoms with Crippen LogP contribution in [0.4, 0.5) is 5.69 Å². The highest BCUT2D eigenvalue weighted by molar-refractivity contribution is 6.31. The summed E-state index contributed by atoms with van der Waals surface area (Å²) in [5.74, 6) is 0.323. The van der Waals surface area contributed by atoms with Crippen molar-refractivity contribution in [3.63, 3.8) is 0 Å². The second-order valence-electron chi connectivity index (χ2n) is 6.24. The Morgan fingerprint density at radius 2 is 1.97 bits per heavy atom. The second kappa shape index (κ2) is 7.76. The molecule has 0 fully saturated rings. The van der Waals surface area contributed by atoms with Crippen LogP contribution in [0.1, 0.15) is 5.56 Å². The summed E-state index contributed by atoms with van der Waals surface area (Å²) in [6.07, 6.45) is 2.91. The molecule has 2 aromatic heterocycles. The molecular formula is C20H16ClN5O3. The summed E-state index contributed by atoms with van der Waals surface area (Å²) in [7, 11) is 0. The summed E-state index contributed by atoms with van der Waals surface area (Å²) in [6, 6.07) is 14.2. The van der Waals surface area contributed by atoms with E-state index in [1.54, 1.807) is 37.3 Å². The molecule has 8 nitrogen and oxygen atoms in total. The van der Waals surface area contributed by atoms with Crippen molar-refractivity contribution >= 4 is 28.8 Å². The van der Waals surface area contributed by atoms with E-state index >= 15 is 0 Å². The van der Waals surface area contributed by atoms with E-state index in [0.717, 1.165) is 10.2 Å². The van der Waals surface area contributed by atoms with Crippen LogP contribution in [0.2, 0.25) is 5.02 Å². The van der Waals surface area contributed by atoms with Gasteiger partial charge in [0.1, 0.15) is 12.3 Å². The molecule has 2 heterocycles. The maximum Gasteiger partial charge on any atom is 0.351 e. The fraction of sp³-hybridized carbons (Fsp3) is 0.100. The minimum atomic E-state index is -0.474. The average Bonchev–Trinajstić information content (AvgIpc) is 3.03. The maximum absolute atomic E-state index is 12.6. The Hall–Kier alpha value is -3.65. The third-order valence-electron chi connectivity index (χ3n) is 4.26. The SMILES string of the molecule is Cc1c(Cl)cccc1NC(=O)Cn1nc2c(Oc3ccccc3)nccn2c1=O. The molecule has 0 saturated heterocycles. The Morgan fingerprint density at radius 3 is 2.76 bits per heavy atom. The van der Waals surface area contributed by atoms with E-state index in [1.807, 2.05) is 18.2 Å². The lowest BCUT2D eigenvalue weighted by Crippen LogP contribution is -2.28. The van der Waals surface area contributed by atoms with Crippen molar-refractivity contribution in [2.75, 3.05) is 5.32 Å². The summed E-state index contributed by atoms with van der Waals surface area (Å²) >= 11 is 6.08. The number of anilines is 1. The van der Waals surface area contributed by atoms with Crippen LogP contribution in [0.15, 0.2) is 65.7 Å². The highest BCUT2D eigenvalue weighted by Gasteiger charge is 2.16. The standard InChI is InChI=1S/C20H16ClN5O3/c1-13-15(21)8-5-9-16(13)23-17(27)12-26-20(28)25-11-10-22-19(18(25)24-26)29-14-6-3-2-4-7-14/h2-11H,12H2,1H3,(H,23,27). The van der Waals surface area contributed by atoms with Gasteiger partial charge in [0.05, 0.1) is 0 Å². The number of fused-ring (bicyclic) bond motifs is 1. The van der Waals surface area contributed by atoms with Crippen molar-refractivity contribution in [2.45, 2.75) is 13.5 Å². The van der Waals surface area contributed by atoms with Crippen molar-refractivity contribution in [3.05, 3.63) is 82.0 Å². The third kappa shape index (κ3) is 3.83. The lowest BCUT2D eigenvalue weighted by atomic mass is 10.2. The maximum atomic E-state index is 12.6. The van der Waals surface area contributed by atoms with Gasteiger partial charge in [-0.2, -0.15) is 0 Å². The van der Waals surface area contributed by atoms with Gasteiger partial charge in [0, 0.05) is 23.1 Å². The van der Waals surface area contributed by atoms with Gasteiger partial charge < -0.3 is 10.1 Å². The molecule has 0 aliphatic carbocycles. The Morgan fingerprint density at radius 1 is 1.17 bits per heavy atom. The topological polar surface area (TPSA) is 90.5 Å². The molecule has 4 rings (SSSR count). The molecule has 0 atom stereocenters. The average molecular weight is 410 g/mol. The number of halogens is 1. The molecule has 1 amide bonds. The predicted octanol–water partition coefficient (Wildman–Crippen LogP) is 3.28. The Kier molecular flexibility index (Phi) is 5.01. The fourth-order valence-electron chi connectivity index (χ4n) is 2.77. The normalized spacial score (nSPS) is 10.8. The van der Waals surface area contributed by atoms with Crippen molar-refractivity contribution in [2.24, 2.45) is 0 Å². The predicted molar refractivity (Wildman–Crippen MR) is 109 cm³/mol. The van der Waals surface area contributed by atoms with Crippen molar-refractivity contribution in [1.29, 1.82) is 0 Å². The fourth-order valence-corrected chi connectivity index (χ4v) is 2.94. The number of hydrogen-bond donors (Lipinski definition) is 1. The van der Waals surface area contributed by atoms with E-state index < -0.39 is 11.6 Å². The molecule has 1 N–H and O–H groups in total. The monoisotopic (exact) mass is 409 g/mol. The van der Waals surface area contributed by atoms with Crippen LogP contribution in [0.5, 0.6) is 11.6 Å². The van der Waals surface area contributed by atoms with Crippen LogP contribution in [0.25, 0.3) is 5.65 Å². The third-order valence-corrected chi connectivity index (χ3v) is 4.67. The van der Waals surface area contributed by atoms with Gasteiger partial charge in [-0.15, -0.1) is 5.10 Å². The molecule has 29 heavy (non-hydrogen) atoms. The number of nitrogens with zero attached hydrogens (tertiary/aromatic N) is 4. The highest BCUT2D eigenvalue weighted by Crippen LogP contribution is 2.23. The molecule has 2 aromatic carbocycles. The van der Waals surface area contributed by atoms with Crippen LogP contribution in [-0.4, -0.2) is 25.1 Å². The van der Waals surface area contributed by atoms with E-state index in [-0.39, 0.29) is 18.1 Å². The van der Waals surface area contributed by atoms with Gasteiger partial charge in [-0.25, -0.2) is 18.9 Å². The number of hydrogen-bond acceptors (Lipinski definition) is 5. The minimum Gasteiger partial charge on any atom is -0.436 e. The summed E-state index contributed by atoms with van der Waals surface area (Å²) in [5.41, 5.74) is 1.06. The van der Waals surface area contributed by atoms with Gasteiger partial charge in [0.25, 0.3) is 5.88 Å². The number of benzene rings is 2. The highest BCUT2D eigenvalue weighted by atomic mass is 35.5. The van der Waals surface area contributed by atoms with E-state index in [4.69, 9.17) is 16.3 Å². The zero-order valence-electron chi connectivity index (χ0n) is 15.4. The number of amides is 1. The lowest BCUT2D eigenvalue weighted by Gasteiger charge is -2.09. The lowest BCUT2D eigenvalue weighted by molar-refractivity contribution is -0.117. The summed E-state index contributed by atoms with van der Waals surface area (Å²) < 4.78 is 8.07. The van der Waals surface area contributed by atoms with E-state index in [2.05, 4.69) is 15.4 Å². The van der Waals surface area contributed by atoms with E-state index in [0.29, 0.717) is 16.5 Å². The smallest absolute Gasteiger partial charge is 0.351 e. The molecule has 0 spiro atoms. The molecule has 9 heteroatoms. The van der Waals surface area contributed by atoms with Crippen molar-refractivity contribution in [3.8, 4) is 11.6 Å². The Bertz CT molecular complexity index is 1250. The minimum absolute atomic E-state index is 0.167. The molecule has 4 aromatic rings. The molecule has 0 aliphatic rings. The van der Waals surface area contributed by atoms with Crippen LogP contribution in [0, 0.1) is 6.92 Å². The largest absolute Gasteiger partial charge is 0.436 e. The number of nitrogens with one attached hydrogen (secondary N) is 1. The van der Waals surface area contributed by atoms with Gasteiger partial charge in [0.15, 0.2) is 0 Å². The van der Waals surface area contributed by atoms with Crippen molar-refractivity contribution in [1.82, 2.24) is 19.2 Å². The first-order chi connectivity index (χ1) is 14.0. The van der Waals surface area contributed by atoms with Crippen molar-refractivity contribution < 1.29 is 9.53 Å². The molecule has 0 radical (unpaired) electrons. The summed E-state index contributed by atoms with van der Waals surface area (Å²) in [4.78, 5) is 29.2. The zero-order valence-corrected chi connectivity index (χ0v) is 16.1. The van der Waals surface area contributed by atoms with E-state index in [9.17, 15) is 9.59 Å². The molecule has 0 unspecified atom stereocenters. The number of aromatic nitrogens is 4. The number of carbonyl (C=O) groups is 1. The quantitative estimate of drug-likeness (QED) is 0.546. The molecular weight excluding hydrogens is 394 g/mol. The van der Waals surface area contributed by atoms with Crippen LogP contribution in [-0.2, 0) is 11.3 Å². The first-order valence-corrected chi connectivity index (χ1v) is 9.13. The van der Waals surface area contributed by atoms with Gasteiger partial charge in [-0.3, -0.25) is 4.79 Å². The second-order valence-corrected chi connectivity index (χ2v) is 6.65. The van der Waals surface area contributed by atoms with E-state index in [1.165, 1.54) is 16.8 Å². The summed E-state index contributed by atoms with van der Waals surface area (Å²) in [5, 5.41) is 7.51. The first-order valence-electron chi connectivity index (χ1n) is 8.75. The van der Waals surface area contributed by atoms with Gasteiger partial charge in [0.2, 0.25) is 11.6 Å². The number of para-hydroxylation sites is 1.